The summed E-state index contributed by atoms with van der Waals surface area (Å²) in [5.41, 5.74) is 0.954. The van der Waals surface area contributed by atoms with E-state index in [2.05, 4.69) is 0 Å². The van der Waals surface area contributed by atoms with Gasteiger partial charge in [0.25, 0.3) is 0 Å². The van der Waals surface area contributed by atoms with Crippen LogP contribution in [0.2, 0.25) is 0 Å². The lowest BCUT2D eigenvalue weighted by Gasteiger charge is -2.21. The summed E-state index contributed by atoms with van der Waals surface area (Å²) in [6.07, 6.45) is 3.67. The molecule has 0 atom stereocenters. The summed E-state index contributed by atoms with van der Waals surface area (Å²) in [5.74, 6) is 0.546. The van der Waals surface area contributed by atoms with Crippen LogP contribution in [-0.2, 0) is 16.4 Å². The summed E-state index contributed by atoms with van der Waals surface area (Å²) in [7, 11) is -3.38. The summed E-state index contributed by atoms with van der Waals surface area (Å²) >= 11 is 0. The van der Waals surface area contributed by atoms with Gasteiger partial charge in [0, 0.05) is 19.7 Å². The molecule has 0 spiro atoms. The van der Waals surface area contributed by atoms with Crippen molar-refractivity contribution in [1.29, 1.82) is 0 Å². The highest BCUT2D eigenvalue weighted by atomic mass is 32.2. The van der Waals surface area contributed by atoms with Crippen molar-refractivity contribution in [2.24, 2.45) is 5.92 Å². The van der Waals surface area contributed by atoms with Gasteiger partial charge >= 0.3 is 0 Å². The minimum absolute atomic E-state index is 0.0791. The molecule has 0 bridgehead atoms. The highest BCUT2D eigenvalue weighted by molar-refractivity contribution is 7.89. The molecule has 0 heterocycles. The summed E-state index contributed by atoms with van der Waals surface area (Å²) in [6.45, 7) is 3.31. The Hall–Kier alpha value is -0.910. The number of hydrogen-bond donors (Lipinski definition) is 1. The number of nitrogens with zero attached hydrogens (tertiary/aromatic N) is 1. The molecule has 1 aromatic carbocycles. The lowest BCUT2D eigenvalue weighted by molar-refractivity contribution is 0.299. The van der Waals surface area contributed by atoms with Crippen LogP contribution in [0.3, 0.4) is 0 Å². The first-order valence-corrected chi connectivity index (χ1v) is 8.72. The van der Waals surface area contributed by atoms with E-state index in [1.165, 1.54) is 0 Å². The zero-order chi connectivity index (χ0) is 14.6. The van der Waals surface area contributed by atoms with Gasteiger partial charge in [0.2, 0.25) is 10.0 Å². The normalized spacial score (nSPS) is 15.8. The third-order valence-electron chi connectivity index (χ3n) is 3.59. The molecule has 0 aromatic heterocycles. The molecule has 1 aliphatic carbocycles. The van der Waals surface area contributed by atoms with E-state index in [0.29, 0.717) is 30.3 Å². The van der Waals surface area contributed by atoms with Crippen molar-refractivity contribution in [3.8, 4) is 0 Å². The van der Waals surface area contributed by atoms with Crippen molar-refractivity contribution in [3.05, 3.63) is 29.8 Å². The molecule has 1 aliphatic rings. The largest absolute Gasteiger partial charge is 0.396 e. The van der Waals surface area contributed by atoms with E-state index in [-0.39, 0.29) is 6.61 Å². The molecule has 1 N–H and O–H groups in total. The Bertz CT molecular complexity index is 521. The van der Waals surface area contributed by atoms with Crippen molar-refractivity contribution in [2.45, 2.75) is 37.5 Å². The molecule has 0 unspecified atom stereocenters. The molecule has 4 nitrogen and oxygen atoms in total. The van der Waals surface area contributed by atoms with E-state index in [1.807, 2.05) is 6.92 Å². The molecule has 1 fully saturated rings. The summed E-state index contributed by atoms with van der Waals surface area (Å²) < 4.78 is 26.9. The number of aliphatic hydroxyl groups is 1. The Morgan fingerprint density at radius 2 is 1.90 bits per heavy atom. The van der Waals surface area contributed by atoms with Crippen LogP contribution in [0.25, 0.3) is 0 Å². The van der Waals surface area contributed by atoms with E-state index < -0.39 is 10.0 Å². The van der Waals surface area contributed by atoms with Gasteiger partial charge < -0.3 is 5.11 Å². The van der Waals surface area contributed by atoms with E-state index >= 15 is 0 Å². The van der Waals surface area contributed by atoms with Gasteiger partial charge in [-0.1, -0.05) is 19.1 Å². The first-order chi connectivity index (χ1) is 9.57. The van der Waals surface area contributed by atoms with Crippen LogP contribution < -0.4 is 0 Å². The fourth-order valence-electron chi connectivity index (χ4n) is 2.25. The van der Waals surface area contributed by atoms with E-state index in [9.17, 15) is 8.42 Å². The van der Waals surface area contributed by atoms with Crippen molar-refractivity contribution in [2.75, 3.05) is 19.7 Å². The topological polar surface area (TPSA) is 57.6 Å². The van der Waals surface area contributed by atoms with Crippen LogP contribution in [0.5, 0.6) is 0 Å². The minimum Gasteiger partial charge on any atom is -0.396 e. The van der Waals surface area contributed by atoms with Crippen molar-refractivity contribution in [1.82, 2.24) is 4.31 Å². The Labute approximate surface area is 121 Å². The molecule has 2 rings (SSSR count). The van der Waals surface area contributed by atoms with Crippen LogP contribution in [0, 0.1) is 5.92 Å². The highest BCUT2D eigenvalue weighted by Gasteiger charge is 2.31. The van der Waals surface area contributed by atoms with Gasteiger partial charge in [-0.25, -0.2) is 8.42 Å². The van der Waals surface area contributed by atoms with Gasteiger partial charge in [-0.15, -0.1) is 0 Å². The van der Waals surface area contributed by atoms with Gasteiger partial charge in [0.15, 0.2) is 0 Å². The first kappa shape index (κ1) is 15.5. The molecule has 0 aliphatic heterocycles. The standard InChI is InChI=1S/C15H23NO3S/c1-2-10-16(12-14-3-4-14)20(18,19)15-7-5-13(6-8-15)9-11-17/h5-8,14,17H,2-4,9-12H2,1H3. The second-order valence-electron chi connectivity index (χ2n) is 5.42. The molecule has 1 saturated carbocycles. The number of hydrogen-bond acceptors (Lipinski definition) is 3. The molecule has 0 amide bonds. The fraction of sp³-hybridized carbons (Fsp3) is 0.600. The third kappa shape index (κ3) is 3.81. The lowest BCUT2D eigenvalue weighted by Crippen LogP contribution is -2.33. The Morgan fingerprint density at radius 3 is 2.40 bits per heavy atom. The molecule has 1 aromatic rings. The Morgan fingerprint density at radius 1 is 1.25 bits per heavy atom. The maximum atomic E-state index is 12.6. The van der Waals surface area contributed by atoms with E-state index in [1.54, 1.807) is 28.6 Å². The average molecular weight is 297 g/mol. The summed E-state index contributed by atoms with van der Waals surface area (Å²) in [4.78, 5) is 0.355. The molecule has 0 radical (unpaired) electrons. The molecular formula is C15H23NO3S. The molecule has 112 valence electrons. The number of benzene rings is 1. The van der Waals surface area contributed by atoms with Gasteiger partial charge in [-0.05, 0) is 49.3 Å². The van der Waals surface area contributed by atoms with Crippen molar-refractivity contribution >= 4 is 10.0 Å². The quantitative estimate of drug-likeness (QED) is 0.799. The Kier molecular flexibility index (Phi) is 5.18. The van der Waals surface area contributed by atoms with Crippen LogP contribution in [0.15, 0.2) is 29.2 Å². The maximum Gasteiger partial charge on any atom is 0.243 e. The monoisotopic (exact) mass is 297 g/mol. The predicted octanol–water partition coefficient (Wildman–Crippen LogP) is 2.03. The van der Waals surface area contributed by atoms with Gasteiger partial charge in [-0.3, -0.25) is 0 Å². The Balaban J connectivity index is 2.17. The van der Waals surface area contributed by atoms with Gasteiger partial charge in [0.1, 0.15) is 0 Å². The molecule has 5 heteroatoms. The average Bonchev–Trinajstić information content (AvgIpc) is 3.23. The fourth-order valence-corrected chi connectivity index (χ4v) is 3.86. The van der Waals surface area contributed by atoms with Crippen LogP contribution in [0.1, 0.15) is 31.7 Å². The van der Waals surface area contributed by atoms with Crippen LogP contribution >= 0.6 is 0 Å². The summed E-state index contributed by atoms with van der Waals surface area (Å²) in [6, 6.07) is 6.86. The van der Waals surface area contributed by atoms with E-state index in [4.69, 9.17) is 5.11 Å². The lowest BCUT2D eigenvalue weighted by atomic mass is 10.2. The maximum absolute atomic E-state index is 12.6. The summed E-state index contributed by atoms with van der Waals surface area (Å²) in [5, 5.41) is 8.89. The van der Waals surface area contributed by atoms with Crippen LogP contribution in [0.4, 0.5) is 0 Å². The SMILES string of the molecule is CCCN(CC1CC1)S(=O)(=O)c1ccc(CCO)cc1. The second kappa shape index (κ2) is 6.70. The molecule has 0 saturated heterocycles. The van der Waals surface area contributed by atoms with Crippen molar-refractivity contribution in [3.63, 3.8) is 0 Å². The zero-order valence-corrected chi connectivity index (χ0v) is 12.8. The predicted molar refractivity (Wildman–Crippen MR) is 79.0 cm³/mol. The number of sulfonamides is 1. The number of aliphatic hydroxyl groups excluding tert-OH is 1. The molecular weight excluding hydrogens is 274 g/mol. The van der Waals surface area contributed by atoms with Gasteiger partial charge in [0.05, 0.1) is 4.90 Å². The molecule has 20 heavy (non-hydrogen) atoms. The smallest absolute Gasteiger partial charge is 0.243 e. The number of rotatable bonds is 8. The van der Waals surface area contributed by atoms with E-state index in [0.717, 1.165) is 24.8 Å². The highest BCUT2D eigenvalue weighted by Crippen LogP contribution is 2.31. The van der Waals surface area contributed by atoms with Crippen molar-refractivity contribution < 1.29 is 13.5 Å². The first-order valence-electron chi connectivity index (χ1n) is 7.28. The third-order valence-corrected chi connectivity index (χ3v) is 5.47. The minimum atomic E-state index is -3.38. The van der Waals surface area contributed by atoms with Gasteiger partial charge in [-0.2, -0.15) is 4.31 Å². The zero-order valence-electron chi connectivity index (χ0n) is 12.0. The van der Waals surface area contributed by atoms with Crippen LogP contribution in [-0.4, -0.2) is 37.5 Å². The second-order valence-corrected chi connectivity index (χ2v) is 7.36.